The summed E-state index contributed by atoms with van der Waals surface area (Å²) in [6.45, 7) is 4.38. The fourth-order valence-electron chi connectivity index (χ4n) is 5.59. The van der Waals surface area contributed by atoms with Gasteiger partial charge in [-0.25, -0.2) is 8.42 Å². The monoisotopic (exact) mass is 599 g/mol. The molecule has 2 atom stereocenters. The van der Waals surface area contributed by atoms with Crippen molar-refractivity contribution in [3.05, 3.63) is 74.4 Å². The van der Waals surface area contributed by atoms with Crippen LogP contribution in [0.25, 0.3) is 11.1 Å². The highest BCUT2D eigenvalue weighted by Crippen LogP contribution is 2.43. The van der Waals surface area contributed by atoms with E-state index >= 15 is 0 Å². The molecule has 5 rings (SSSR count). The molecule has 210 valence electrons. The SMILES string of the molecule is Cc1ccc(CCC(=O)N2CCCC3(C2)OC(=O)C(c2cc(Cl)c(-c4cccc(S(C)(=O)=O)c4)cc2C)C3=O)s1. The lowest BCUT2D eigenvalue weighted by Gasteiger charge is -2.38. The summed E-state index contributed by atoms with van der Waals surface area (Å²) < 4.78 is 29.9. The van der Waals surface area contributed by atoms with Crippen LogP contribution in [0.4, 0.5) is 0 Å². The van der Waals surface area contributed by atoms with Gasteiger partial charge in [0.1, 0.15) is 5.92 Å². The minimum atomic E-state index is -3.41. The maximum Gasteiger partial charge on any atom is 0.322 e. The molecule has 40 heavy (non-hydrogen) atoms. The maximum atomic E-state index is 13.8. The molecular formula is C30H30ClNO6S2. The zero-order valence-electron chi connectivity index (χ0n) is 22.5. The number of halogens is 1. The summed E-state index contributed by atoms with van der Waals surface area (Å²) in [6.07, 6.45) is 3.03. The number of ether oxygens (including phenoxy) is 1. The Kier molecular flexibility index (Phi) is 7.67. The number of amides is 1. The van der Waals surface area contributed by atoms with E-state index in [-0.39, 0.29) is 28.2 Å². The van der Waals surface area contributed by atoms with Gasteiger partial charge in [-0.05, 0) is 86.2 Å². The van der Waals surface area contributed by atoms with Gasteiger partial charge in [-0.2, -0.15) is 0 Å². The number of benzene rings is 2. The number of likely N-dealkylation sites (tertiary alicyclic amines) is 1. The second kappa shape index (κ2) is 10.8. The van der Waals surface area contributed by atoms with E-state index in [0.717, 1.165) is 11.1 Å². The fourth-order valence-corrected chi connectivity index (χ4v) is 7.43. The first-order valence-corrected chi connectivity index (χ1v) is 16.2. The molecule has 1 amide bonds. The standard InChI is InChI=1S/C30H30ClNO6S2/c1-18-14-24(20-6-4-7-22(15-20)40(3,36)37)25(31)16-23(18)27-28(34)30(38-29(27)35)12-5-13-32(17-30)26(33)11-10-21-9-8-19(2)39-21/h4,6-9,14-16,27H,5,10-13,17H2,1-3H3. The zero-order chi connectivity index (χ0) is 28.8. The van der Waals surface area contributed by atoms with Crippen molar-refractivity contribution >= 4 is 50.4 Å². The number of sulfone groups is 1. The molecule has 10 heteroatoms. The summed E-state index contributed by atoms with van der Waals surface area (Å²) in [4.78, 5) is 44.2. The highest BCUT2D eigenvalue weighted by Gasteiger charge is 2.58. The Morgan fingerprint density at radius 3 is 2.62 bits per heavy atom. The Labute approximate surface area is 243 Å². The van der Waals surface area contributed by atoms with Crippen LogP contribution in [0.3, 0.4) is 0 Å². The van der Waals surface area contributed by atoms with Crippen LogP contribution < -0.4 is 0 Å². The summed E-state index contributed by atoms with van der Waals surface area (Å²) in [5.74, 6) is -2.19. The number of nitrogens with zero attached hydrogens (tertiary/aromatic N) is 1. The summed E-state index contributed by atoms with van der Waals surface area (Å²) in [5, 5.41) is 0.289. The van der Waals surface area contributed by atoms with E-state index in [1.807, 2.05) is 19.1 Å². The van der Waals surface area contributed by atoms with Crippen LogP contribution in [0, 0.1) is 13.8 Å². The molecule has 2 unspecified atom stereocenters. The number of hydrogen-bond donors (Lipinski definition) is 0. The first-order valence-electron chi connectivity index (χ1n) is 13.1. The Balaban J connectivity index is 1.37. The molecule has 2 aliphatic heterocycles. The molecule has 0 saturated carbocycles. The van der Waals surface area contributed by atoms with Gasteiger partial charge in [0.05, 0.1) is 11.4 Å². The van der Waals surface area contributed by atoms with E-state index in [2.05, 4.69) is 0 Å². The minimum absolute atomic E-state index is 0.0551. The lowest BCUT2D eigenvalue weighted by Crippen LogP contribution is -2.54. The number of esters is 1. The van der Waals surface area contributed by atoms with Crippen LogP contribution in [-0.4, -0.2) is 55.9 Å². The van der Waals surface area contributed by atoms with Crippen LogP contribution in [0.15, 0.2) is 53.4 Å². The van der Waals surface area contributed by atoms with Crippen molar-refractivity contribution in [2.45, 2.75) is 55.9 Å². The maximum absolute atomic E-state index is 13.8. The molecule has 0 aliphatic carbocycles. The molecule has 2 fully saturated rings. The van der Waals surface area contributed by atoms with Crippen LogP contribution in [-0.2, 0) is 35.4 Å². The predicted octanol–water partition coefficient (Wildman–Crippen LogP) is 5.29. The molecule has 3 heterocycles. The summed E-state index contributed by atoms with van der Waals surface area (Å²) in [6, 6.07) is 13.9. The average molecular weight is 600 g/mol. The number of ketones is 1. The van der Waals surface area contributed by atoms with Gasteiger partial charge in [0.2, 0.25) is 5.91 Å². The van der Waals surface area contributed by atoms with Crippen molar-refractivity contribution in [3.63, 3.8) is 0 Å². The van der Waals surface area contributed by atoms with Crippen molar-refractivity contribution in [1.82, 2.24) is 4.90 Å². The highest BCUT2D eigenvalue weighted by atomic mass is 35.5. The quantitative estimate of drug-likeness (QED) is 0.282. The molecule has 1 spiro atoms. The van der Waals surface area contributed by atoms with Crippen molar-refractivity contribution in [2.75, 3.05) is 19.3 Å². The number of thiophene rings is 1. The van der Waals surface area contributed by atoms with Gasteiger partial charge in [-0.15, -0.1) is 11.3 Å². The van der Waals surface area contributed by atoms with Gasteiger partial charge in [0, 0.05) is 39.6 Å². The molecule has 2 aliphatic rings. The first kappa shape index (κ1) is 28.5. The second-order valence-electron chi connectivity index (χ2n) is 10.6. The third-order valence-electron chi connectivity index (χ3n) is 7.67. The molecule has 7 nitrogen and oxygen atoms in total. The van der Waals surface area contributed by atoms with E-state index in [1.165, 1.54) is 10.9 Å². The number of piperidine rings is 1. The van der Waals surface area contributed by atoms with Crippen LogP contribution in [0.5, 0.6) is 0 Å². The summed E-state index contributed by atoms with van der Waals surface area (Å²) in [7, 11) is -3.41. The Morgan fingerprint density at radius 1 is 1.15 bits per heavy atom. The number of Topliss-reactive ketones (excluding diaryl/α,β-unsaturated/α-hetero) is 1. The highest BCUT2D eigenvalue weighted by molar-refractivity contribution is 7.90. The number of carbonyl (C=O) groups is 3. The third-order valence-corrected chi connectivity index (χ3v) is 10.2. The van der Waals surface area contributed by atoms with Crippen LogP contribution in [0.1, 0.15) is 46.1 Å². The van der Waals surface area contributed by atoms with Crippen molar-refractivity contribution < 1.29 is 27.5 Å². The molecule has 1 aromatic heterocycles. The molecule has 0 bridgehead atoms. The molecule has 2 aromatic carbocycles. The number of rotatable bonds is 6. The normalized spacial score (nSPS) is 21.2. The van der Waals surface area contributed by atoms with Crippen LogP contribution in [0.2, 0.25) is 5.02 Å². The Hall–Kier alpha value is -3.01. The number of hydrogen-bond acceptors (Lipinski definition) is 7. The largest absolute Gasteiger partial charge is 0.448 e. The molecule has 2 saturated heterocycles. The Bertz CT molecular complexity index is 1630. The van der Waals surface area contributed by atoms with E-state index in [4.69, 9.17) is 16.3 Å². The Morgan fingerprint density at radius 2 is 1.93 bits per heavy atom. The van der Waals surface area contributed by atoms with Crippen LogP contribution >= 0.6 is 22.9 Å². The van der Waals surface area contributed by atoms with Crippen molar-refractivity contribution in [3.8, 4) is 11.1 Å². The smallest absolute Gasteiger partial charge is 0.322 e. The van der Waals surface area contributed by atoms with Gasteiger partial charge < -0.3 is 9.64 Å². The number of carbonyl (C=O) groups excluding carboxylic acids is 3. The van der Waals surface area contributed by atoms with E-state index in [0.29, 0.717) is 54.5 Å². The van der Waals surface area contributed by atoms with Crippen molar-refractivity contribution in [2.24, 2.45) is 0 Å². The van der Waals surface area contributed by atoms with Gasteiger partial charge in [0.25, 0.3) is 0 Å². The molecule has 0 radical (unpaired) electrons. The van der Waals surface area contributed by atoms with Gasteiger partial charge >= 0.3 is 5.97 Å². The predicted molar refractivity (Wildman–Crippen MR) is 154 cm³/mol. The third kappa shape index (κ3) is 5.47. The van der Waals surface area contributed by atoms with E-state index in [9.17, 15) is 22.8 Å². The number of aryl methyl sites for hydroxylation is 3. The van der Waals surface area contributed by atoms with Gasteiger partial charge in [-0.3, -0.25) is 14.4 Å². The molecule has 3 aromatic rings. The summed E-state index contributed by atoms with van der Waals surface area (Å²) >= 11 is 8.31. The lowest BCUT2D eigenvalue weighted by molar-refractivity contribution is -0.160. The lowest BCUT2D eigenvalue weighted by atomic mass is 9.81. The fraction of sp³-hybridized carbons (Fsp3) is 0.367. The second-order valence-corrected chi connectivity index (χ2v) is 14.4. The molecular weight excluding hydrogens is 570 g/mol. The summed E-state index contributed by atoms with van der Waals surface area (Å²) in [5.41, 5.74) is 0.954. The minimum Gasteiger partial charge on any atom is -0.448 e. The van der Waals surface area contributed by atoms with Crippen molar-refractivity contribution in [1.29, 1.82) is 0 Å². The topological polar surface area (TPSA) is 97.8 Å². The zero-order valence-corrected chi connectivity index (χ0v) is 24.9. The average Bonchev–Trinajstić information content (AvgIpc) is 3.42. The van der Waals surface area contributed by atoms with E-state index in [1.54, 1.807) is 53.5 Å². The van der Waals surface area contributed by atoms with E-state index < -0.39 is 27.3 Å². The first-order chi connectivity index (χ1) is 18.9. The molecule has 0 N–H and O–H groups in total. The van der Waals surface area contributed by atoms with Gasteiger partial charge in [0.15, 0.2) is 21.2 Å². The van der Waals surface area contributed by atoms with Gasteiger partial charge in [-0.1, -0.05) is 23.7 Å².